The first-order chi connectivity index (χ1) is 18.1. The average molecular weight is 495 g/mol. The fourth-order valence-corrected chi connectivity index (χ4v) is 4.08. The molecule has 0 bridgehead atoms. The molecule has 1 amide bonds. The van der Waals surface area contributed by atoms with Crippen molar-refractivity contribution in [3.05, 3.63) is 89.5 Å². The third-order valence-electron chi connectivity index (χ3n) is 6.01. The number of nitrogens with one attached hydrogen (secondary N) is 1. The Hall–Kier alpha value is -4.92. The highest BCUT2D eigenvalue weighted by atomic mass is 16.5. The number of para-hydroxylation sites is 3. The molecule has 9 nitrogen and oxygen atoms in total. The van der Waals surface area contributed by atoms with Gasteiger partial charge in [-0.05, 0) is 48.4 Å². The Morgan fingerprint density at radius 3 is 2.41 bits per heavy atom. The van der Waals surface area contributed by atoms with Crippen LogP contribution in [0.2, 0.25) is 0 Å². The van der Waals surface area contributed by atoms with E-state index in [4.69, 9.17) is 25.2 Å². The molecule has 5 aromatic rings. The lowest BCUT2D eigenvalue weighted by Gasteiger charge is -2.07. The third kappa shape index (κ3) is 4.79. The zero-order chi connectivity index (χ0) is 25.8. The molecule has 0 aliphatic rings. The summed E-state index contributed by atoms with van der Waals surface area (Å²) in [6.07, 6.45) is 2.27. The summed E-state index contributed by atoms with van der Waals surface area (Å²) in [7, 11) is 3.22. The van der Waals surface area contributed by atoms with Gasteiger partial charge in [0.2, 0.25) is 0 Å². The summed E-state index contributed by atoms with van der Waals surface area (Å²) in [5.41, 5.74) is 10.7. The summed E-state index contributed by atoms with van der Waals surface area (Å²) in [6, 6.07) is 22.6. The smallest absolute Gasteiger partial charge is 0.257 e. The van der Waals surface area contributed by atoms with Crippen LogP contribution in [0.15, 0.2) is 77.9 Å². The minimum absolute atomic E-state index is 0.151. The Morgan fingerprint density at radius 2 is 1.68 bits per heavy atom. The number of nitrogens with zero attached hydrogens (tertiary/aromatic N) is 4. The van der Waals surface area contributed by atoms with E-state index in [2.05, 4.69) is 10.4 Å². The Labute approximate surface area is 213 Å². The monoisotopic (exact) mass is 494 g/mol. The number of anilines is 1. The van der Waals surface area contributed by atoms with Crippen molar-refractivity contribution in [2.45, 2.75) is 6.42 Å². The minimum Gasteiger partial charge on any atom is -0.497 e. The maximum Gasteiger partial charge on any atom is 0.257 e. The van der Waals surface area contributed by atoms with Crippen LogP contribution in [0.1, 0.15) is 21.5 Å². The lowest BCUT2D eigenvalue weighted by atomic mass is 10.1. The number of methoxy groups -OCH3 is 2. The van der Waals surface area contributed by atoms with Gasteiger partial charge in [0.1, 0.15) is 28.4 Å². The highest BCUT2D eigenvalue weighted by Crippen LogP contribution is 2.28. The minimum atomic E-state index is -0.341. The number of fused-ring (bicyclic) bond motifs is 2. The standard InChI is InChI=1S/C28H26N6O3/c1-36-20-13-11-18(12-14-20)15-16-30-28(35)24-25-27(33-22-9-5-4-8-21(22)32-25)34(26(24)29)31-17-19-7-3-6-10-23(19)37-2/h3-14,17H,15-16,29H2,1-2H3,(H,30,35)/b31-17+. The van der Waals surface area contributed by atoms with Gasteiger partial charge in [0, 0.05) is 12.1 Å². The molecule has 0 unspecified atom stereocenters. The van der Waals surface area contributed by atoms with Gasteiger partial charge in [0.25, 0.3) is 5.91 Å². The Bertz CT molecular complexity index is 1610. The predicted octanol–water partition coefficient (Wildman–Crippen LogP) is 4.04. The topological polar surface area (TPSA) is 117 Å². The van der Waals surface area contributed by atoms with E-state index in [0.717, 1.165) is 16.9 Å². The lowest BCUT2D eigenvalue weighted by molar-refractivity contribution is 0.0956. The molecule has 0 fully saturated rings. The molecule has 0 saturated carbocycles. The molecule has 0 aliphatic carbocycles. The van der Waals surface area contributed by atoms with Crippen LogP contribution in [-0.2, 0) is 6.42 Å². The van der Waals surface area contributed by atoms with Gasteiger partial charge in [-0.3, -0.25) is 4.79 Å². The van der Waals surface area contributed by atoms with Gasteiger partial charge in [0.15, 0.2) is 5.65 Å². The number of ether oxygens (including phenoxy) is 2. The maximum absolute atomic E-state index is 13.3. The first-order valence-corrected chi connectivity index (χ1v) is 11.7. The number of rotatable bonds is 8. The Balaban J connectivity index is 1.50. The van der Waals surface area contributed by atoms with Crippen molar-refractivity contribution in [2.75, 3.05) is 26.5 Å². The normalized spacial score (nSPS) is 11.3. The number of hydrogen-bond donors (Lipinski definition) is 2. The second kappa shape index (κ2) is 10.4. The number of aromatic nitrogens is 3. The summed E-state index contributed by atoms with van der Waals surface area (Å²) in [6.45, 7) is 0.419. The van der Waals surface area contributed by atoms with Crippen LogP contribution < -0.4 is 20.5 Å². The molecule has 0 aliphatic heterocycles. The van der Waals surface area contributed by atoms with E-state index in [-0.39, 0.29) is 17.3 Å². The molecule has 0 spiro atoms. The molecule has 2 heterocycles. The summed E-state index contributed by atoms with van der Waals surface area (Å²) >= 11 is 0. The largest absolute Gasteiger partial charge is 0.497 e. The number of hydrogen-bond acceptors (Lipinski definition) is 7. The molecule has 3 N–H and O–H groups in total. The van der Waals surface area contributed by atoms with Gasteiger partial charge in [0.05, 0.1) is 31.5 Å². The summed E-state index contributed by atoms with van der Waals surface area (Å²) in [4.78, 5) is 22.8. The fraction of sp³-hybridized carbons (Fsp3) is 0.143. The van der Waals surface area contributed by atoms with E-state index < -0.39 is 0 Å². The van der Waals surface area contributed by atoms with Crippen LogP contribution in [0.25, 0.3) is 22.2 Å². The van der Waals surface area contributed by atoms with Crippen molar-refractivity contribution in [1.82, 2.24) is 20.0 Å². The zero-order valence-electron chi connectivity index (χ0n) is 20.5. The van der Waals surface area contributed by atoms with Crippen molar-refractivity contribution in [2.24, 2.45) is 5.10 Å². The molecule has 0 saturated heterocycles. The molecular formula is C28H26N6O3. The van der Waals surface area contributed by atoms with Gasteiger partial charge in [-0.25, -0.2) is 9.97 Å². The number of carbonyl (C=O) groups excluding carboxylic acids is 1. The number of nitrogens with two attached hydrogens (primary N) is 1. The quantitative estimate of drug-likeness (QED) is 0.315. The fourth-order valence-electron chi connectivity index (χ4n) is 4.08. The van der Waals surface area contributed by atoms with Crippen LogP contribution >= 0.6 is 0 Å². The second-order valence-corrected chi connectivity index (χ2v) is 8.30. The molecule has 37 heavy (non-hydrogen) atoms. The maximum atomic E-state index is 13.3. The van der Waals surface area contributed by atoms with Crippen molar-refractivity contribution in [3.8, 4) is 11.5 Å². The van der Waals surface area contributed by atoms with Crippen LogP contribution in [0.3, 0.4) is 0 Å². The molecule has 0 atom stereocenters. The molecule has 9 heteroatoms. The van der Waals surface area contributed by atoms with E-state index in [0.29, 0.717) is 40.9 Å². The molecule has 3 aromatic carbocycles. The zero-order valence-corrected chi connectivity index (χ0v) is 20.5. The Morgan fingerprint density at radius 1 is 0.973 bits per heavy atom. The van der Waals surface area contributed by atoms with Gasteiger partial charge < -0.3 is 20.5 Å². The van der Waals surface area contributed by atoms with E-state index in [1.165, 1.54) is 4.68 Å². The highest BCUT2D eigenvalue weighted by Gasteiger charge is 2.24. The SMILES string of the molecule is COc1ccc(CCNC(=O)c2c(N)n(/N=C/c3ccccc3OC)c3nc4ccccc4nc23)cc1. The third-order valence-corrected chi connectivity index (χ3v) is 6.01. The van der Waals surface area contributed by atoms with Crippen molar-refractivity contribution >= 4 is 40.1 Å². The van der Waals surface area contributed by atoms with Crippen molar-refractivity contribution in [1.29, 1.82) is 0 Å². The van der Waals surface area contributed by atoms with Crippen molar-refractivity contribution < 1.29 is 14.3 Å². The van der Waals surface area contributed by atoms with Gasteiger partial charge >= 0.3 is 0 Å². The van der Waals surface area contributed by atoms with E-state index in [9.17, 15) is 4.79 Å². The molecule has 186 valence electrons. The molecule has 5 rings (SSSR count). The summed E-state index contributed by atoms with van der Waals surface area (Å²) in [5.74, 6) is 1.26. The first kappa shape index (κ1) is 23.8. The van der Waals surface area contributed by atoms with Crippen LogP contribution in [-0.4, -0.2) is 47.5 Å². The number of carbonyl (C=O) groups is 1. The van der Waals surface area contributed by atoms with Gasteiger partial charge in [-0.1, -0.05) is 36.4 Å². The summed E-state index contributed by atoms with van der Waals surface area (Å²) < 4.78 is 12.1. The highest BCUT2D eigenvalue weighted by molar-refractivity contribution is 6.10. The molecule has 2 aromatic heterocycles. The second-order valence-electron chi connectivity index (χ2n) is 8.30. The number of nitrogen functional groups attached to an aromatic ring is 1. The summed E-state index contributed by atoms with van der Waals surface area (Å²) in [5, 5.41) is 7.52. The predicted molar refractivity (Wildman–Crippen MR) is 144 cm³/mol. The van der Waals surface area contributed by atoms with E-state index >= 15 is 0 Å². The van der Waals surface area contributed by atoms with Crippen LogP contribution in [0.5, 0.6) is 11.5 Å². The first-order valence-electron chi connectivity index (χ1n) is 11.7. The van der Waals surface area contributed by atoms with Crippen LogP contribution in [0.4, 0.5) is 5.82 Å². The number of amides is 1. The Kier molecular flexibility index (Phi) is 6.67. The van der Waals surface area contributed by atoms with Crippen molar-refractivity contribution in [3.63, 3.8) is 0 Å². The lowest BCUT2D eigenvalue weighted by Crippen LogP contribution is -2.26. The van der Waals surface area contributed by atoms with E-state index in [1.54, 1.807) is 20.4 Å². The number of benzene rings is 3. The van der Waals surface area contributed by atoms with Gasteiger partial charge in [-0.15, -0.1) is 0 Å². The molecular weight excluding hydrogens is 468 g/mol. The average Bonchev–Trinajstić information content (AvgIpc) is 3.20. The molecule has 0 radical (unpaired) electrons. The van der Waals surface area contributed by atoms with Gasteiger partial charge in [-0.2, -0.15) is 9.78 Å². The van der Waals surface area contributed by atoms with Crippen LogP contribution in [0, 0.1) is 0 Å². The van der Waals surface area contributed by atoms with E-state index in [1.807, 2.05) is 72.8 Å².